The van der Waals surface area contributed by atoms with Gasteiger partial charge in [0.2, 0.25) is 0 Å². The van der Waals surface area contributed by atoms with Gasteiger partial charge in [0.05, 0.1) is 11.1 Å². The van der Waals surface area contributed by atoms with Crippen LogP contribution in [0.5, 0.6) is 5.75 Å². The van der Waals surface area contributed by atoms with Crippen molar-refractivity contribution >= 4 is 32.2 Å². The van der Waals surface area contributed by atoms with Crippen molar-refractivity contribution in [3.8, 4) is 5.75 Å². The van der Waals surface area contributed by atoms with Crippen molar-refractivity contribution in [3.05, 3.63) is 93.1 Å². The molecule has 2 aromatic carbocycles. The quantitative estimate of drug-likeness (QED) is 0.412. The Morgan fingerprint density at radius 1 is 0.944 bits per heavy atom. The lowest BCUT2D eigenvalue weighted by Crippen LogP contribution is -2.31. The molecule has 2 unspecified atom stereocenters. The van der Waals surface area contributed by atoms with Crippen LogP contribution in [0.3, 0.4) is 0 Å². The van der Waals surface area contributed by atoms with Gasteiger partial charge in [-0.25, -0.2) is 9.59 Å². The molecule has 0 fully saturated rings. The highest BCUT2D eigenvalue weighted by Crippen LogP contribution is 2.52. The smallest absolute Gasteiger partial charge is 0.336 e. The number of ether oxygens (including phenoxy) is 1. The summed E-state index contributed by atoms with van der Waals surface area (Å²) in [6.07, 6.45) is 2.73. The molecule has 1 heterocycles. The van der Waals surface area contributed by atoms with Gasteiger partial charge in [-0.1, -0.05) is 36.9 Å². The van der Waals surface area contributed by atoms with Gasteiger partial charge in [0.1, 0.15) is 15.6 Å². The second kappa shape index (κ2) is 8.41. The molecule has 0 aromatic heterocycles. The first kappa shape index (κ1) is 25.3. The van der Waals surface area contributed by atoms with E-state index < -0.39 is 70.9 Å². The van der Waals surface area contributed by atoms with Crippen molar-refractivity contribution in [2.45, 2.75) is 17.7 Å². The molecule has 0 amide bonds. The van der Waals surface area contributed by atoms with Crippen molar-refractivity contribution in [2.24, 2.45) is 5.92 Å². The second-order valence-corrected chi connectivity index (χ2v) is 10.9. The molecule has 36 heavy (non-hydrogen) atoms. The fourth-order valence-corrected chi connectivity index (χ4v) is 6.22. The van der Waals surface area contributed by atoms with Crippen LogP contribution < -0.4 is 4.74 Å². The van der Waals surface area contributed by atoms with Gasteiger partial charge in [-0.3, -0.25) is 9.11 Å². The molecule has 2 aliphatic rings. The number of fused-ring (bicyclic) bond motifs is 2. The van der Waals surface area contributed by atoms with Crippen LogP contribution in [0.25, 0.3) is 0 Å². The van der Waals surface area contributed by atoms with Crippen molar-refractivity contribution in [1.29, 1.82) is 0 Å². The molecular weight excluding hydrogens is 516 g/mol. The summed E-state index contributed by atoms with van der Waals surface area (Å²) in [5, 5.41) is 19.2. The SMILES string of the molecule is C=C1C=CC2C(=C1S(=O)(=O)O)Oc1c(ccc(C)c1S(=O)(=O)O)C2c1ccc(C(=O)O)cc1C(=O)O. The number of hydrogen-bond donors (Lipinski definition) is 4. The number of rotatable bonds is 5. The van der Waals surface area contributed by atoms with Gasteiger partial charge in [-0.15, -0.1) is 0 Å². The predicted molar refractivity (Wildman–Crippen MR) is 124 cm³/mol. The summed E-state index contributed by atoms with van der Waals surface area (Å²) in [6, 6.07) is 6.08. The summed E-state index contributed by atoms with van der Waals surface area (Å²) < 4.78 is 74.6. The van der Waals surface area contributed by atoms with Crippen LogP contribution in [0.15, 0.2) is 70.2 Å². The highest BCUT2D eigenvalue weighted by atomic mass is 32.2. The van der Waals surface area contributed by atoms with Crippen LogP contribution in [0.4, 0.5) is 0 Å². The van der Waals surface area contributed by atoms with E-state index in [1.165, 1.54) is 37.3 Å². The standard InChI is InChI=1S/C23H18O11S2/c1-10-3-6-14-17(13-8-5-12(22(24)25)9-16(13)23(26)27)15-7-4-11(2)21(36(31,32)33)19(15)34-18(14)20(10)35(28,29)30/h3-9,14,17H,1H2,2H3,(H,24,25)(H,26,27)(H,28,29,30)(H,31,32,33). The van der Waals surface area contributed by atoms with Crippen molar-refractivity contribution in [1.82, 2.24) is 0 Å². The van der Waals surface area contributed by atoms with Gasteiger partial charge < -0.3 is 14.9 Å². The molecule has 0 radical (unpaired) electrons. The number of carboxylic acids is 2. The van der Waals surface area contributed by atoms with E-state index in [4.69, 9.17) is 4.74 Å². The van der Waals surface area contributed by atoms with Crippen LogP contribution >= 0.6 is 0 Å². The molecule has 0 saturated carbocycles. The van der Waals surface area contributed by atoms with E-state index in [0.29, 0.717) is 0 Å². The molecule has 0 bridgehead atoms. The molecule has 2 aromatic rings. The summed E-state index contributed by atoms with van der Waals surface area (Å²) in [4.78, 5) is 22.1. The average Bonchev–Trinajstić information content (AvgIpc) is 2.74. The molecule has 4 rings (SSSR count). The van der Waals surface area contributed by atoms with Crippen molar-refractivity contribution in [2.75, 3.05) is 0 Å². The second-order valence-electron chi connectivity index (χ2n) is 8.18. The van der Waals surface area contributed by atoms with Gasteiger partial charge in [-0.2, -0.15) is 16.8 Å². The Labute approximate surface area is 205 Å². The van der Waals surface area contributed by atoms with Crippen LogP contribution in [0.2, 0.25) is 0 Å². The number of aryl methyl sites for hydroxylation is 1. The Hall–Kier alpha value is -3.78. The summed E-state index contributed by atoms with van der Waals surface area (Å²) in [5.41, 5.74) is -0.796. The molecule has 13 heteroatoms. The molecule has 0 saturated heterocycles. The maximum Gasteiger partial charge on any atom is 0.336 e. The van der Waals surface area contributed by atoms with Gasteiger partial charge in [0.15, 0.2) is 5.75 Å². The number of carboxylic acid groups (broad SMARTS) is 2. The van der Waals surface area contributed by atoms with E-state index in [1.54, 1.807) is 0 Å². The Morgan fingerprint density at radius 3 is 2.14 bits per heavy atom. The molecule has 1 aliphatic carbocycles. The molecule has 2 atom stereocenters. The minimum absolute atomic E-state index is 0.0107. The lowest BCUT2D eigenvalue weighted by atomic mass is 9.74. The summed E-state index contributed by atoms with van der Waals surface area (Å²) in [5.74, 6) is -5.98. The van der Waals surface area contributed by atoms with Gasteiger partial charge in [-0.05, 0) is 35.8 Å². The minimum atomic E-state index is -4.96. The van der Waals surface area contributed by atoms with Crippen LogP contribution in [-0.4, -0.2) is 48.1 Å². The number of hydrogen-bond acceptors (Lipinski definition) is 7. The van der Waals surface area contributed by atoms with E-state index >= 15 is 0 Å². The molecule has 0 spiro atoms. The largest absolute Gasteiger partial charge is 0.478 e. The van der Waals surface area contributed by atoms with Crippen molar-refractivity contribution in [3.63, 3.8) is 0 Å². The van der Waals surface area contributed by atoms with Crippen molar-refractivity contribution < 1.29 is 50.5 Å². The monoisotopic (exact) mass is 534 g/mol. The first-order chi connectivity index (χ1) is 16.6. The fourth-order valence-electron chi connectivity index (χ4n) is 4.52. The third-order valence-corrected chi connectivity index (χ3v) is 7.95. The normalized spacial score (nSPS) is 19.4. The van der Waals surface area contributed by atoms with E-state index in [0.717, 1.165) is 12.1 Å². The fraction of sp³-hybridized carbons (Fsp3) is 0.130. The molecule has 1 aliphatic heterocycles. The third kappa shape index (κ3) is 4.11. The van der Waals surface area contributed by atoms with Gasteiger partial charge >= 0.3 is 11.9 Å². The maximum absolute atomic E-state index is 12.3. The zero-order valence-corrected chi connectivity index (χ0v) is 20.0. The summed E-state index contributed by atoms with van der Waals surface area (Å²) >= 11 is 0. The zero-order chi connectivity index (χ0) is 26.7. The first-order valence-electron chi connectivity index (χ1n) is 10.1. The topological polar surface area (TPSA) is 193 Å². The summed E-state index contributed by atoms with van der Waals surface area (Å²) in [6.45, 7) is 4.94. The highest BCUT2D eigenvalue weighted by molar-refractivity contribution is 7.90. The van der Waals surface area contributed by atoms with Crippen LogP contribution in [0.1, 0.15) is 43.3 Å². The predicted octanol–water partition coefficient (Wildman–Crippen LogP) is 3.00. The van der Waals surface area contributed by atoms with Gasteiger partial charge in [0, 0.05) is 17.4 Å². The Morgan fingerprint density at radius 2 is 1.58 bits per heavy atom. The zero-order valence-electron chi connectivity index (χ0n) is 18.4. The summed E-state index contributed by atoms with van der Waals surface area (Å²) in [7, 11) is -9.88. The lowest BCUT2D eigenvalue weighted by molar-refractivity contribution is 0.0694. The number of carbonyl (C=O) groups is 2. The number of allylic oxidation sites excluding steroid dienone is 3. The Bertz CT molecular complexity index is 1640. The lowest BCUT2D eigenvalue weighted by Gasteiger charge is -2.38. The van der Waals surface area contributed by atoms with E-state index in [2.05, 4.69) is 6.58 Å². The maximum atomic E-state index is 12.3. The number of benzene rings is 2. The highest BCUT2D eigenvalue weighted by Gasteiger charge is 2.44. The van der Waals surface area contributed by atoms with Crippen LogP contribution in [-0.2, 0) is 20.2 Å². The van der Waals surface area contributed by atoms with Gasteiger partial charge in [0.25, 0.3) is 20.2 Å². The van der Waals surface area contributed by atoms with E-state index in [9.17, 15) is 45.7 Å². The molecule has 188 valence electrons. The Kier molecular flexibility index (Phi) is 5.92. The molecule has 4 N–H and O–H groups in total. The molecule has 11 nitrogen and oxygen atoms in total. The van der Waals surface area contributed by atoms with Crippen LogP contribution in [0, 0.1) is 12.8 Å². The number of aromatic carboxylic acids is 2. The van der Waals surface area contributed by atoms with E-state index in [1.807, 2.05) is 0 Å². The first-order valence-corrected chi connectivity index (χ1v) is 13.0. The third-order valence-electron chi connectivity index (χ3n) is 5.95. The molecular formula is C23H18O11S2. The van der Waals surface area contributed by atoms with E-state index in [-0.39, 0.29) is 27.8 Å². The Balaban J connectivity index is 2.17. The minimum Gasteiger partial charge on any atom is -0.478 e. The average molecular weight is 535 g/mol.